The number of sulfone groups is 1. The van der Waals surface area contributed by atoms with Gasteiger partial charge in [-0.1, -0.05) is 13.3 Å². The van der Waals surface area contributed by atoms with Crippen LogP contribution in [0.2, 0.25) is 0 Å². The van der Waals surface area contributed by atoms with Crippen LogP contribution in [0.25, 0.3) is 0 Å². The fourth-order valence-electron chi connectivity index (χ4n) is 2.10. The highest BCUT2D eigenvalue weighted by molar-refractivity contribution is 7.95. The van der Waals surface area contributed by atoms with Crippen LogP contribution in [0, 0.1) is 0 Å². The summed E-state index contributed by atoms with van der Waals surface area (Å²) in [6, 6.07) is 0. The molecule has 0 saturated carbocycles. The lowest BCUT2D eigenvalue weighted by molar-refractivity contribution is -0.143. The zero-order chi connectivity index (χ0) is 14.9. The first kappa shape index (κ1) is 16.4. The lowest BCUT2D eigenvalue weighted by Gasteiger charge is -2.27. The van der Waals surface area contributed by atoms with E-state index >= 15 is 0 Å². The normalized spacial score (nSPS) is 25.9. The first-order chi connectivity index (χ1) is 8.52. The summed E-state index contributed by atoms with van der Waals surface area (Å²) in [5.74, 6) is -1.88. The number of carboxylic acid groups (broad SMARTS) is 1. The molecule has 0 radical (unpaired) electrons. The number of hydrogen-bond donors (Lipinski definition) is 2. The van der Waals surface area contributed by atoms with Crippen LogP contribution in [0.15, 0.2) is 0 Å². The zero-order valence-corrected chi connectivity index (χ0v) is 12.6. The Kier molecular flexibility index (Phi) is 4.63. The van der Waals surface area contributed by atoms with E-state index in [1.165, 1.54) is 6.92 Å². The predicted octanol–water partition coefficient (Wildman–Crippen LogP) is -0.264. The molecule has 0 amide bonds. The molecular weight excluding hydrogens is 294 g/mol. The zero-order valence-electron chi connectivity index (χ0n) is 10.9. The SMILES string of the molecule is CCCC(C)(NS(=O)(=O)C1CCS(=O)(=O)C1)C(=O)O. The van der Waals surface area contributed by atoms with Crippen LogP contribution >= 0.6 is 0 Å². The molecule has 2 N–H and O–H groups in total. The second kappa shape index (κ2) is 5.37. The Balaban J connectivity index is 2.93. The maximum atomic E-state index is 12.1. The molecule has 7 nitrogen and oxygen atoms in total. The van der Waals surface area contributed by atoms with Crippen molar-refractivity contribution in [3.63, 3.8) is 0 Å². The third-order valence-electron chi connectivity index (χ3n) is 3.22. The molecule has 1 saturated heterocycles. The molecule has 1 aliphatic rings. The maximum Gasteiger partial charge on any atom is 0.324 e. The van der Waals surface area contributed by atoms with Gasteiger partial charge in [0.2, 0.25) is 10.0 Å². The third kappa shape index (κ3) is 3.90. The Labute approximate surface area is 113 Å². The van der Waals surface area contributed by atoms with Crippen molar-refractivity contribution in [3.05, 3.63) is 0 Å². The van der Waals surface area contributed by atoms with Crippen molar-refractivity contribution in [2.24, 2.45) is 0 Å². The third-order valence-corrected chi connectivity index (χ3v) is 7.21. The highest BCUT2D eigenvalue weighted by Gasteiger charge is 2.43. The van der Waals surface area contributed by atoms with Crippen LogP contribution < -0.4 is 4.72 Å². The van der Waals surface area contributed by atoms with E-state index in [-0.39, 0.29) is 18.6 Å². The minimum absolute atomic E-state index is 0.0134. The van der Waals surface area contributed by atoms with Gasteiger partial charge in [0, 0.05) is 0 Å². The molecule has 0 aromatic heterocycles. The molecule has 2 atom stereocenters. The monoisotopic (exact) mass is 313 g/mol. The smallest absolute Gasteiger partial charge is 0.324 e. The van der Waals surface area contributed by atoms with E-state index in [1.807, 2.05) is 0 Å². The summed E-state index contributed by atoms with van der Waals surface area (Å²) in [5.41, 5.74) is -1.60. The second-order valence-corrected chi connectivity index (χ2v) is 9.25. The molecule has 0 aromatic carbocycles. The fraction of sp³-hybridized carbons (Fsp3) is 0.900. The van der Waals surface area contributed by atoms with Gasteiger partial charge in [-0.3, -0.25) is 4.79 Å². The fourth-order valence-corrected chi connectivity index (χ4v) is 6.55. The maximum absolute atomic E-state index is 12.1. The van der Waals surface area contributed by atoms with Crippen LogP contribution in [0.1, 0.15) is 33.1 Å². The topological polar surface area (TPSA) is 118 Å². The molecular formula is C10H19NO6S2. The Morgan fingerprint density at radius 2 is 2.05 bits per heavy atom. The lowest BCUT2D eigenvalue weighted by atomic mass is 9.98. The van der Waals surface area contributed by atoms with E-state index < -0.39 is 42.4 Å². The van der Waals surface area contributed by atoms with Gasteiger partial charge in [0.25, 0.3) is 0 Å². The van der Waals surface area contributed by atoms with Crippen molar-refractivity contribution in [2.75, 3.05) is 11.5 Å². The average Bonchev–Trinajstić information content (AvgIpc) is 2.59. The minimum atomic E-state index is -3.97. The number of sulfonamides is 1. The molecule has 9 heteroatoms. The molecule has 0 spiro atoms. The van der Waals surface area contributed by atoms with Gasteiger partial charge >= 0.3 is 5.97 Å². The van der Waals surface area contributed by atoms with Crippen molar-refractivity contribution in [2.45, 2.75) is 43.9 Å². The second-order valence-electron chi connectivity index (χ2n) is 5.06. The Morgan fingerprint density at radius 3 is 2.42 bits per heavy atom. The highest BCUT2D eigenvalue weighted by atomic mass is 32.2. The van der Waals surface area contributed by atoms with Crippen molar-refractivity contribution < 1.29 is 26.7 Å². The molecule has 19 heavy (non-hydrogen) atoms. The summed E-state index contributed by atoms with van der Waals surface area (Å²) in [7, 11) is -7.30. The van der Waals surface area contributed by atoms with E-state index in [1.54, 1.807) is 6.92 Å². The summed E-state index contributed by atoms with van der Waals surface area (Å²) in [6.45, 7) is 3.04. The van der Waals surface area contributed by atoms with Crippen LogP contribution in [-0.2, 0) is 24.7 Å². The molecule has 0 aromatic rings. The van der Waals surface area contributed by atoms with Gasteiger partial charge in [-0.25, -0.2) is 16.8 Å². The molecule has 1 rings (SSSR count). The van der Waals surface area contributed by atoms with Gasteiger partial charge in [0.1, 0.15) is 5.54 Å². The Hall–Kier alpha value is -0.670. The molecule has 1 heterocycles. The number of nitrogens with one attached hydrogen (secondary N) is 1. The van der Waals surface area contributed by atoms with Gasteiger partial charge in [0.15, 0.2) is 9.84 Å². The number of aliphatic carboxylic acids is 1. The molecule has 1 aliphatic heterocycles. The molecule has 0 aliphatic carbocycles. The van der Waals surface area contributed by atoms with Crippen molar-refractivity contribution in [1.29, 1.82) is 0 Å². The summed E-state index contributed by atoms with van der Waals surface area (Å²) >= 11 is 0. The summed E-state index contributed by atoms with van der Waals surface area (Å²) in [6.07, 6.45) is 0.648. The average molecular weight is 313 g/mol. The standard InChI is InChI=1S/C10H19NO6S2/c1-3-5-10(2,9(12)13)11-19(16,17)8-4-6-18(14,15)7-8/h8,11H,3-7H2,1-2H3,(H,12,13). The minimum Gasteiger partial charge on any atom is -0.480 e. The van der Waals surface area contributed by atoms with Crippen molar-refractivity contribution >= 4 is 25.8 Å². The van der Waals surface area contributed by atoms with Crippen molar-refractivity contribution in [1.82, 2.24) is 4.72 Å². The molecule has 2 unspecified atom stereocenters. The molecule has 1 fully saturated rings. The molecule has 112 valence electrons. The summed E-state index contributed by atoms with van der Waals surface area (Å²) < 4.78 is 48.9. The largest absolute Gasteiger partial charge is 0.480 e. The van der Waals surface area contributed by atoms with Gasteiger partial charge < -0.3 is 5.11 Å². The van der Waals surface area contributed by atoms with Crippen LogP contribution in [0.4, 0.5) is 0 Å². The Bertz CT molecular complexity index is 553. The number of hydrogen-bond acceptors (Lipinski definition) is 5. The van der Waals surface area contributed by atoms with Gasteiger partial charge in [-0.2, -0.15) is 4.72 Å². The summed E-state index contributed by atoms with van der Waals surface area (Å²) in [4.78, 5) is 11.2. The van der Waals surface area contributed by atoms with Crippen LogP contribution in [0.5, 0.6) is 0 Å². The van der Waals surface area contributed by atoms with E-state index in [0.29, 0.717) is 6.42 Å². The lowest BCUT2D eigenvalue weighted by Crippen LogP contribution is -2.54. The predicted molar refractivity (Wildman–Crippen MR) is 70.1 cm³/mol. The quantitative estimate of drug-likeness (QED) is 0.697. The van der Waals surface area contributed by atoms with Crippen LogP contribution in [-0.4, -0.2) is 50.2 Å². The van der Waals surface area contributed by atoms with Gasteiger partial charge in [-0.05, 0) is 19.8 Å². The first-order valence-electron chi connectivity index (χ1n) is 5.99. The van der Waals surface area contributed by atoms with E-state index in [2.05, 4.69) is 4.72 Å². The molecule has 0 bridgehead atoms. The van der Waals surface area contributed by atoms with E-state index in [9.17, 15) is 21.6 Å². The number of carbonyl (C=O) groups is 1. The number of rotatable bonds is 6. The van der Waals surface area contributed by atoms with E-state index in [4.69, 9.17) is 5.11 Å². The van der Waals surface area contributed by atoms with Crippen molar-refractivity contribution in [3.8, 4) is 0 Å². The highest BCUT2D eigenvalue weighted by Crippen LogP contribution is 2.22. The first-order valence-corrected chi connectivity index (χ1v) is 9.36. The van der Waals surface area contributed by atoms with E-state index in [0.717, 1.165) is 0 Å². The summed E-state index contributed by atoms with van der Waals surface area (Å²) in [5, 5.41) is 8.07. The van der Waals surface area contributed by atoms with Gasteiger partial charge in [0.05, 0.1) is 16.8 Å². The van der Waals surface area contributed by atoms with Gasteiger partial charge in [-0.15, -0.1) is 0 Å². The Morgan fingerprint density at radius 1 is 1.47 bits per heavy atom. The van der Waals surface area contributed by atoms with Crippen LogP contribution in [0.3, 0.4) is 0 Å². The number of carboxylic acids is 1.